The lowest BCUT2D eigenvalue weighted by molar-refractivity contribution is 0.358. The summed E-state index contributed by atoms with van der Waals surface area (Å²) in [5.74, 6) is -1.69. The third-order valence-electron chi connectivity index (χ3n) is 2.16. The van der Waals surface area contributed by atoms with Gasteiger partial charge >= 0.3 is 0 Å². The first-order chi connectivity index (χ1) is 6.60. The summed E-state index contributed by atoms with van der Waals surface area (Å²) < 4.78 is 31.0. The van der Waals surface area contributed by atoms with Crippen molar-refractivity contribution in [3.63, 3.8) is 0 Å². The summed E-state index contributed by atoms with van der Waals surface area (Å²) in [6, 6.07) is 2.44. The largest absolute Gasteiger partial charge is 0.491 e. The molecular formula is C10H13F2NO. The predicted octanol–water partition coefficient (Wildman–Crippen LogP) is 2.25. The van der Waals surface area contributed by atoms with Crippen LogP contribution in [0.5, 0.6) is 5.75 Å². The standard InChI is InChI=1S/C10H13F2NO/c1-6(13-2)7-4-8(11)10(14-3)9(12)5-7/h4-6,13H,1-3H3/t6-/m0/s1. The zero-order valence-corrected chi connectivity index (χ0v) is 8.40. The third kappa shape index (κ3) is 2.01. The van der Waals surface area contributed by atoms with Crippen molar-refractivity contribution in [3.05, 3.63) is 29.3 Å². The molecule has 1 rings (SSSR count). The van der Waals surface area contributed by atoms with Gasteiger partial charge in [0.15, 0.2) is 17.4 Å². The highest BCUT2D eigenvalue weighted by Gasteiger charge is 2.13. The molecule has 78 valence electrons. The fourth-order valence-electron chi connectivity index (χ4n) is 1.19. The minimum absolute atomic E-state index is 0.0927. The molecule has 2 nitrogen and oxygen atoms in total. The van der Waals surface area contributed by atoms with Crippen LogP contribution in [-0.4, -0.2) is 14.2 Å². The SMILES string of the molecule is CN[C@@H](C)c1cc(F)c(OC)c(F)c1. The normalized spacial score (nSPS) is 12.6. The maximum atomic E-state index is 13.2. The van der Waals surface area contributed by atoms with Crippen LogP contribution in [0.25, 0.3) is 0 Å². The van der Waals surface area contributed by atoms with Crippen molar-refractivity contribution >= 4 is 0 Å². The van der Waals surface area contributed by atoms with Gasteiger partial charge in [0.1, 0.15) is 0 Å². The lowest BCUT2D eigenvalue weighted by Gasteiger charge is -2.12. The minimum atomic E-state index is -0.676. The lowest BCUT2D eigenvalue weighted by Crippen LogP contribution is -2.13. The van der Waals surface area contributed by atoms with E-state index in [4.69, 9.17) is 0 Å². The molecule has 0 aromatic heterocycles. The highest BCUT2D eigenvalue weighted by molar-refractivity contribution is 5.32. The molecule has 1 atom stereocenters. The summed E-state index contributed by atoms with van der Waals surface area (Å²) in [4.78, 5) is 0. The maximum Gasteiger partial charge on any atom is 0.190 e. The van der Waals surface area contributed by atoms with Crippen molar-refractivity contribution in [3.8, 4) is 5.75 Å². The number of rotatable bonds is 3. The maximum absolute atomic E-state index is 13.2. The molecule has 0 saturated heterocycles. The first-order valence-electron chi connectivity index (χ1n) is 4.30. The molecule has 0 spiro atoms. The fourth-order valence-corrected chi connectivity index (χ4v) is 1.19. The summed E-state index contributed by atoms with van der Waals surface area (Å²) in [7, 11) is 2.97. The van der Waals surface area contributed by atoms with Gasteiger partial charge in [0.2, 0.25) is 0 Å². The monoisotopic (exact) mass is 201 g/mol. The topological polar surface area (TPSA) is 21.3 Å². The summed E-state index contributed by atoms with van der Waals surface area (Å²) >= 11 is 0. The molecule has 1 aromatic rings. The zero-order valence-electron chi connectivity index (χ0n) is 8.40. The molecule has 0 radical (unpaired) electrons. The van der Waals surface area contributed by atoms with Crippen molar-refractivity contribution in [2.45, 2.75) is 13.0 Å². The van der Waals surface area contributed by atoms with E-state index in [0.29, 0.717) is 5.56 Å². The van der Waals surface area contributed by atoms with Crippen LogP contribution < -0.4 is 10.1 Å². The average molecular weight is 201 g/mol. The number of hydrogen-bond acceptors (Lipinski definition) is 2. The Kier molecular flexibility index (Phi) is 3.41. The second-order valence-corrected chi connectivity index (χ2v) is 3.03. The van der Waals surface area contributed by atoms with Crippen molar-refractivity contribution in [2.75, 3.05) is 14.2 Å². The van der Waals surface area contributed by atoms with E-state index in [1.165, 1.54) is 19.2 Å². The van der Waals surface area contributed by atoms with E-state index in [2.05, 4.69) is 10.1 Å². The summed E-state index contributed by atoms with van der Waals surface area (Å²) in [6.07, 6.45) is 0. The Balaban J connectivity index is 3.13. The molecule has 0 fully saturated rings. The van der Waals surface area contributed by atoms with Gasteiger partial charge in [-0.05, 0) is 31.7 Å². The third-order valence-corrected chi connectivity index (χ3v) is 2.16. The molecule has 0 bridgehead atoms. The van der Waals surface area contributed by atoms with Crippen LogP contribution in [-0.2, 0) is 0 Å². The first kappa shape index (κ1) is 10.9. The van der Waals surface area contributed by atoms with Gasteiger partial charge in [-0.1, -0.05) is 0 Å². The van der Waals surface area contributed by atoms with E-state index in [0.717, 1.165) is 0 Å². The van der Waals surface area contributed by atoms with Crippen molar-refractivity contribution in [1.29, 1.82) is 0 Å². The molecule has 4 heteroatoms. The van der Waals surface area contributed by atoms with Gasteiger partial charge in [-0.3, -0.25) is 0 Å². The van der Waals surface area contributed by atoms with E-state index in [-0.39, 0.29) is 11.8 Å². The van der Waals surface area contributed by atoms with Crippen LogP contribution in [0.2, 0.25) is 0 Å². The summed E-state index contributed by atoms with van der Waals surface area (Å²) in [6.45, 7) is 1.82. The van der Waals surface area contributed by atoms with Crippen LogP contribution in [0, 0.1) is 11.6 Å². The van der Waals surface area contributed by atoms with Gasteiger partial charge in [0, 0.05) is 6.04 Å². The first-order valence-corrected chi connectivity index (χ1v) is 4.30. The van der Waals surface area contributed by atoms with Gasteiger partial charge < -0.3 is 10.1 Å². The Hall–Kier alpha value is -1.16. The van der Waals surface area contributed by atoms with Crippen molar-refractivity contribution in [2.24, 2.45) is 0 Å². The van der Waals surface area contributed by atoms with Crippen molar-refractivity contribution < 1.29 is 13.5 Å². The molecular weight excluding hydrogens is 188 g/mol. The minimum Gasteiger partial charge on any atom is -0.491 e. The Morgan fingerprint density at radius 1 is 1.29 bits per heavy atom. The van der Waals surface area contributed by atoms with E-state index in [1.54, 1.807) is 7.05 Å². The molecule has 1 N–H and O–H groups in total. The van der Waals surface area contributed by atoms with Crippen molar-refractivity contribution in [1.82, 2.24) is 5.32 Å². The van der Waals surface area contributed by atoms with Crippen LogP contribution >= 0.6 is 0 Å². The van der Waals surface area contributed by atoms with Crippen LogP contribution in [0.3, 0.4) is 0 Å². The molecule has 0 heterocycles. The van der Waals surface area contributed by atoms with Crippen LogP contribution in [0.15, 0.2) is 12.1 Å². The molecule has 1 aromatic carbocycles. The van der Waals surface area contributed by atoms with E-state index < -0.39 is 11.6 Å². The Labute approximate surface area is 81.9 Å². The predicted molar refractivity (Wildman–Crippen MR) is 50.4 cm³/mol. The summed E-state index contributed by atoms with van der Waals surface area (Å²) in [5.41, 5.74) is 0.559. The van der Waals surface area contributed by atoms with E-state index >= 15 is 0 Å². The summed E-state index contributed by atoms with van der Waals surface area (Å²) in [5, 5.41) is 2.90. The number of ether oxygens (including phenoxy) is 1. The highest BCUT2D eigenvalue weighted by atomic mass is 19.1. The fraction of sp³-hybridized carbons (Fsp3) is 0.400. The molecule has 0 aliphatic rings. The van der Waals surface area contributed by atoms with Crippen LogP contribution in [0.1, 0.15) is 18.5 Å². The smallest absolute Gasteiger partial charge is 0.190 e. The molecule has 14 heavy (non-hydrogen) atoms. The number of halogens is 2. The number of benzene rings is 1. The van der Waals surface area contributed by atoms with Crippen LogP contribution in [0.4, 0.5) is 8.78 Å². The number of methoxy groups -OCH3 is 1. The molecule has 0 amide bonds. The lowest BCUT2D eigenvalue weighted by atomic mass is 10.1. The van der Waals surface area contributed by atoms with E-state index in [9.17, 15) is 8.78 Å². The number of hydrogen-bond donors (Lipinski definition) is 1. The molecule has 0 aliphatic carbocycles. The van der Waals surface area contributed by atoms with E-state index in [1.807, 2.05) is 6.92 Å². The second-order valence-electron chi connectivity index (χ2n) is 3.03. The van der Waals surface area contributed by atoms with Gasteiger partial charge in [0.25, 0.3) is 0 Å². The zero-order chi connectivity index (χ0) is 10.7. The molecule has 0 unspecified atom stereocenters. The van der Waals surface area contributed by atoms with Gasteiger partial charge in [-0.2, -0.15) is 0 Å². The number of nitrogens with one attached hydrogen (secondary N) is 1. The highest BCUT2D eigenvalue weighted by Crippen LogP contribution is 2.25. The van der Waals surface area contributed by atoms with Gasteiger partial charge in [-0.15, -0.1) is 0 Å². The Morgan fingerprint density at radius 2 is 1.79 bits per heavy atom. The molecule has 0 saturated carbocycles. The Bertz CT molecular complexity index is 305. The average Bonchev–Trinajstić information content (AvgIpc) is 2.16. The Morgan fingerprint density at radius 3 is 2.14 bits per heavy atom. The molecule has 0 aliphatic heterocycles. The van der Waals surface area contributed by atoms with Gasteiger partial charge in [0.05, 0.1) is 7.11 Å². The second kappa shape index (κ2) is 4.37. The quantitative estimate of drug-likeness (QED) is 0.809. The van der Waals surface area contributed by atoms with Gasteiger partial charge in [-0.25, -0.2) is 8.78 Å².